The first-order chi connectivity index (χ1) is 17.2. The fraction of sp³-hybridized carbons (Fsp3) is 0.357. The summed E-state index contributed by atoms with van der Waals surface area (Å²) >= 11 is 0. The third-order valence-corrected chi connectivity index (χ3v) is 6.96. The number of rotatable bonds is 5. The predicted octanol–water partition coefficient (Wildman–Crippen LogP) is 5.72. The first kappa shape index (κ1) is 24.3. The van der Waals surface area contributed by atoms with E-state index in [1.165, 1.54) is 17.8 Å². The van der Waals surface area contributed by atoms with Gasteiger partial charge in [0.25, 0.3) is 11.8 Å². The fourth-order valence-corrected chi connectivity index (χ4v) is 5.02. The van der Waals surface area contributed by atoms with Crippen LogP contribution in [-0.4, -0.2) is 43.8 Å². The first-order valence-corrected chi connectivity index (χ1v) is 12.0. The zero-order valence-electron chi connectivity index (χ0n) is 20.6. The first-order valence-electron chi connectivity index (χ1n) is 12.0. The number of aryl methyl sites for hydroxylation is 1. The van der Waals surface area contributed by atoms with E-state index in [1.54, 1.807) is 7.11 Å². The van der Waals surface area contributed by atoms with E-state index in [1.807, 2.05) is 25.1 Å². The molecule has 3 aromatic rings. The predicted molar refractivity (Wildman–Crippen MR) is 135 cm³/mol. The number of methoxy groups -OCH3 is 1. The molecule has 1 aromatic heterocycles. The van der Waals surface area contributed by atoms with Gasteiger partial charge in [0.15, 0.2) is 0 Å². The summed E-state index contributed by atoms with van der Waals surface area (Å²) in [5.74, 6) is -3.59. The van der Waals surface area contributed by atoms with Gasteiger partial charge in [-0.25, -0.2) is 0 Å². The quantitative estimate of drug-likeness (QED) is 0.493. The Balaban J connectivity index is 1.45. The minimum Gasteiger partial charge on any atom is -0.377 e. The Hall–Kier alpha value is -3.36. The Bertz CT molecular complexity index is 1290. The third kappa shape index (κ3) is 4.70. The number of benzene rings is 2. The second kappa shape index (κ2) is 9.59. The van der Waals surface area contributed by atoms with Crippen molar-refractivity contribution in [1.29, 1.82) is 0 Å². The van der Waals surface area contributed by atoms with Gasteiger partial charge in [-0.05, 0) is 53.9 Å². The van der Waals surface area contributed by atoms with E-state index in [2.05, 4.69) is 33.4 Å². The van der Waals surface area contributed by atoms with Crippen molar-refractivity contribution in [1.82, 2.24) is 4.98 Å². The summed E-state index contributed by atoms with van der Waals surface area (Å²) in [7, 11) is 1.74. The SMILES string of the molecule is CO[C@@H]1C[C@@H]2COCCN2c2cc(-c3cc(NC(=O)c4ccnc(C(C)(F)F)c4)ccc3C)ccc21. The van der Waals surface area contributed by atoms with Gasteiger partial charge in [0.05, 0.1) is 25.4 Å². The van der Waals surface area contributed by atoms with Gasteiger partial charge in [0, 0.05) is 55.7 Å². The molecule has 5 rings (SSSR count). The monoisotopic (exact) mass is 493 g/mol. The van der Waals surface area contributed by atoms with Gasteiger partial charge in [0.1, 0.15) is 5.69 Å². The number of alkyl halides is 2. The summed E-state index contributed by atoms with van der Waals surface area (Å²) in [5, 5.41) is 2.84. The summed E-state index contributed by atoms with van der Waals surface area (Å²) in [6.45, 7) is 4.99. The molecule has 0 unspecified atom stereocenters. The molecule has 1 N–H and O–H groups in total. The molecule has 3 heterocycles. The van der Waals surface area contributed by atoms with Gasteiger partial charge in [-0.1, -0.05) is 18.2 Å². The van der Waals surface area contributed by atoms with E-state index in [0.717, 1.165) is 48.3 Å². The van der Waals surface area contributed by atoms with E-state index in [4.69, 9.17) is 9.47 Å². The highest BCUT2D eigenvalue weighted by Crippen LogP contribution is 2.42. The lowest BCUT2D eigenvalue weighted by molar-refractivity contribution is 0.0127. The van der Waals surface area contributed by atoms with Crippen LogP contribution in [0.4, 0.5) is 20.2 Å². The number of carbonyl (C=O) groups is 1. The second-order valence-electron chi connectivity index (χ2n) is 9.46. The lowest BCUT2D eigenvalue weighted by atomic mass is 9.89. The highest BCUT2D eigenvalue weighted by atomic mass is 19.3. The van der Waals surface area contributed by atoms with Crippen molar-refractivity contribution in [3.63, 3.8) is 0 Å². The van der Waals surface area contributed by atoms with Crippen molar-refractivity contribution in [3.8, 4) is 11.1 Å². The molecule has 0 saturated carbocycles. The largest absolute Gasteiger partial charge is 0.377 e. The third-order valence-electron chi connectivity index (χ3n) is 6.96. The minimum absolute atomic E-state index is 0.0180. The molecule has 0 spiro atoms. The van der Waals surface area contributed by atoms with Gasteiger partial charge in [0.2, 0.25) is 0 Å². The molecule has 188 valence electrons. The number of ether oxygens (including phenoxy) is 2. The maximum Gasteiger partial charge on any atom is 0.286 e. The molecule has 0 bridgehead atoms. The molecular weight excluding hydrogens is 464 g/mol. The number of nitrogens with zero attached hydrogens (tertiary/aromatic N) is 2. The van der Waals surface area contributed by atoms with Crippen molar-refractivity contribution in [2.75, 3.05) is 37.1 Å². The number of nitrogens with one attached hydrogen (secondary N) is 1. The maximum absolute atomic E-state index is 13.7. The molecule has 2 aliphatic heterocycles. The number of morpholine rings is 1. The molecule has 8 heteroatoms. The zero-order chi connectivity index (χ0) is 25.4. The molecular formula is C28H29F2N3O3. The Morgan fingerprint density at radius 3 is 2.81 bits per heavy atom. The van der Waals surface area contributed by atoms with Crippen LogP contribution in [0.15, 0.2) is 54.7 Å². The van der Waals surface area contributed by atoms with E-state index < -0.39 is 17.5 Å². The molecule has 2 atom stereocenters. The molecule has 1 saturated heterocycles. The van der Waals surface area contributed by atoms with E-state index >= 15 is 0 Å². The average Bonchev–Trinajstić information content (AvgIpc) is 2.88. The lowest BCUT2D eigenvalue weighted by Crippen LogP contribution is -2.49. The standard InChI is InChI=1S/C28H29F2N3O3/c1-17-4-6-20(32-27(34)19-8-9-31-26(13-19)28(2,29)30)14-23(17)18-5-7-22-24(12-18)33-10-11-36-16-21(33)15-25(22)35-3/h4-9,12-14,21,25H,10-11,15-16H2,1-3H3,(H,32,34)/t21-,25-/m1/s1. The molecule has 36 heavy (non-hydrogen) atoms. The number of aromatic nitrogens is 1. The molecule has 0 aliphatic carbocycles. The van der Waals surface area contributed by atoms with Crippen LogP contribution in [0.2, 0.25) is 0 Å². The summed E-state index contributed by atoms with van der Waals surface area (Å²) in [6, 6.07) is 14.9. The van der Waals surface area contributed by atoms with Crippen molar-refractivity contribution >= 4 is 17.3 Å². The minimum atomic E-state index is -3.12. The summed E-state index contributed by atoms with van der Waals surface area (Å²) < 4.78 is 38.8. The topological polar surface area (TPSA) is 63.7 Å². The van der Waals surface area contributed by atoms with Gasteiger partial charge >= 0.3 is 0 Å². The number of halogens is 2. The highest BCUT2D eigenvalue weighted by molar-refractivity contribution is 6.04. The van der Waals surface area contributed by atoms with Gasteiger partial charge in [-0.15, -0.1) is 0 Å². The molecule has 2 aliphatic rings. The second-order valence-corrected chi connectivity index (χ2v) is 9.46. The Morgan fingerprint density at radius 2 is 2.03 bits per heavy atom. The van der Waals surface area contributed by atoms with Crippen LogP contribution in [0, 0.1) is 6.92 Å². The summed E-state index contributed by atoms with van der Waals surface area (Å²) in [4.78, 5) is 18.9. The van der Waals surface area contributed by atoms with Gasteiger partial charge < -0.3 is 19.7 Å². The van der Waals surface area contributed by atoms with Crippen molar-refractivity contribution in [2.24, 2.45) is 0 Å². The smallest absolute Gasteiger partial charge is 0.286 e. The Kier molecular flexibility index (Phi) is 6.49. The molecule has 0 radical (unpaired) electrons. The van der Waals surface area contributed by atoms with Crippen LogP contribution < -0.4 is 10.2 Å². The van der Waals surface area contributed by atoms with Crippen molar-refractivity contribution in [2.45, 2.75) is 38.3 Å². The van der Waals surface area contributed by atoms with E-state index in [0.29, 0.717) is 18.9 Å². The number of fused-ring (bicyclic) bond motifs is 3. The number of pyridine rings is 1. The summed E-state index contributed by atoms with van der Waals surface area (Å²) in [5.41, 5.74) is 5.66. The van der Waals surface area contributed by atoms with Crippen LogP contribution in [0.1, 0.15) is 46.6 Å². The van der Waals surface area contributed by atoms with E-state index in [-0.39, 0.29) is 17.7 Å². The number of hydrogen-bond acceptors (Lipinski definition) is 5. The van der Waals surface area contributed by atoms with Gasteiger partial charge in [-0.3, -0.25) is 9.78 Å². The molecule has 1 amide bonds. The highest BCUT2D eigenvalue weighted by Gasteiger charge is 2.35. The van der Waals surface area contributed by atoms with Crippen molar-refractivity contribution < 1.29 is 23.0 Å². The summed E-state index contributed by atoms with van der Waals surface area (Å²) in [6.07, 6.45) is 2.13. The number of carbonyl (C=O) groups excluding carboxylic acids is 1. The fourth-order valence-electron chi connectivity index (χ4n) is 5.02. The number of hydrogen-bond donors (Lipinski definition) is 1. The Labute approximate surface area is 209 Å². The molecule has 1 fully saturated rings. The van der Waals surface area contributed by atoms with Gasteiger partial charge in [-0.2, -0.15) is 8.78 Å². The maximum atomic E-state index is 13.7. The van der Waals surface area contributed by atoms with Crippen LogP contribution >= 0.6 is 0 Å². The average molecular weight is 494 g/mol. The van der Waals surface area contributed by atoms with Crippen LogP contribution in [0.3, 0.4) is 0 Å². The molecule has 6 nitrogen and oxygen atoms in total. The Morgan fingerprint density at radius 1 is 1.19 bits per heavy atom. The normalized spacial score (nSPS) is 19.4. The van der Waals surface area contributed by atoms with Crippen LogP contribution in [0.5, 0.6) is 0 Å². The van der Waals surface area contributed by atoms with Crippen LogP contribution in [-0.2, 0) is 15.4 Å². The lowest BCUT2D eigenvalue weighted by Gasteiger charge is -2.44. The molecule has 2 aromatic carbocycles. The van der Waals surface area contributed by atoms with E-state index in [9.17, 15) is 13.6 Å². The van der Waals surface area contributed by atoms with Crippen molar-refractivity contribution in [3.05, 3.63) is 77.1 Å². The van der Waals surface area contributed by atoms with Crippen LogP contribution in [0.25, 0.3) is 11.1 Å². The number of amides is 1. The number of anilines is 2. The zero-order valence-corrected chi connectivity index (χ0v) is 20.6.